The second kappa shape index (κ2) is 8.11. The lowest BCUT2D eigenvalue weighted by molar-refractivity contribution is -0.125. The van der Waals surface area contributed by atoms with Gasteiger partial charge in [-0.3, -0.25) is 9.59 Å². The van der Waals surface area contributed by atoms with Crippen LogP contribution in [0.1, 0.15) is 38.2 Å². The third-order valence-electron chi connectivity index (χ3n) is 4.13. The van der Waals surface area contributed by atoms with Gasteiger partial charge < -0.3 is 15.4 Å². The van der Waals surface area contributed by atoms with Gasteiger partial charge in [0.2, 0.25) is 11.8 Å². The van der Waals surface area contributed by atoms with Crippen LogP contribution in [0.2, 0.25) is 0 Å². The number of methoxy groups -OCH3 is 1. The highest BCUT2D eigenvalue weighted by Crippen LogP contribution is 2.40. The molecule has 2 N–H and O–H groups in total. The molecule has 5 nitrogen and oxygen atoms in total. The van der Waals surface area contributed by atoms with Gasteiger partial charge in [0, 0.05) is 25.9 Å². The highest BCUT2D eigenvalue weighted by molar-refractivity contribution is 5.99. The lowest BCUT2D eigenvalue weighted by Crippen LogP contribution is -2.28. The molecule has 0 saturated heterocycles. The van der Waals surface area contributed by atoms with Gasteiger partial charge in [-0.25, -0.2) is 0 Å². The number of nitrogens with one attached hydrogen (secondary N) is 2. The quantitative estimate of drug-likeness (QED) is 0.724. The molecule has 2 rings (SSSR count). The highest BCUT2D eigenvalue weighted by atomic mass is 16.5. The number of amides is 2. The lowest BCUT2D eigenvalue weighted by Gasteiger charge is -2.13. The van der Waals surface area contributed by atoms with Gasteiger partial charge in [-0.1, -0.05) is 32.0 Å². The van der Waals surface area contributed by atoms with E-state index >= 15 is 0 Å². The second-order valence-corrected chi connectivity index (χ2v) is 6.32. The summed E-state index contributed by atoms with van der Waals surface area (Å²) in [5, 5.41) is 5.83. The summed E-state index contributed by atoms with van der Waals surface area (Å²) in [5.74, 6) is -0.152. The molecule has 1 aromatic carbocycles. The zero-order valence-electron chi connectivity index (χ0n) is 14.1. The third-order valence-corrected chi connectivity index (χ3v) is 4.13. The molecule has 23 heavy (non-hydrogen) atoms. The second-order valence-electron chi connectivity index (χ2n) is 6.32. The Labute approximate surface area is 137 Å². The minimum absolute atomic E-state index is 0.0293. The molecule has 5 heteroatoms. The summed E-state index contributed by atoms with van der Waals surface area (Å²) in [6.45, 7) is 5.41. The Balaban J connectivity index is 1.83. The Morgan fingerprint density at radius 2 is 1.91 bits per heavy atom. The predicted molar refractivity (Wildman–Crippen MR) is 90.3 cm³/mol. The molecule has 1 fully saturated rings. The first-order chi connectivity index (χ1) is 11.0. The minimum Gasteiger partial charge on any atom is -0.385 e. The van der Waals surface area contributed by atoms with E-state index in [1.54, 1.807) is 7.11 Å². The lowest BCUT2D eigenvalue weighted by atomic mass is 10.0. The van der Waals surface area contributed by atoms with Crippen molar-refractivity contribution in [2.45, 2.75) is 32.6 Å². The molecule has 1 aromatic rings. The Bertz CT molecular complexity index is 557. The largest absolute Gasteiger partial charge is 0.385 e. The van der Waals surface area contributed by atoms with Crippen LogP contribution in [0, 0.1) is 11.8 Å². The van der Waals surface area contributed by atoms with Gasteiger partial charge in [-0.2, -0.15) is 0 Å². The van der Waals surface area contributed by atoms with E-state index < -0.39 is 0 Å². The van der Waals surface area contributed by atoms with Crippen LogP contribution in [-0.2, 0) is 14.3 Å². The number of para-hydroxylation sites is 1. The maximum absolute atomic E-state index is 12.3. The number of ether oxygens (including phenoxy) is 1. The normalized spacial score (nSPS) is 19.5. The minimum atomic E-state index is -0.211. The molecule has 0 aromatic heterocycles. The van der Waals surface area contributed by atoms with E-state index in [0.29, 0.717) is 25.5 Å². The number of carbonyl (C=O) groups excluding carboxylic acids is 2. The molecule has 126 valence electrons. The van der Waals surface area contributed by atoms with E-state index in [-0.39, 0.29) is 23.7 Å². The summed E-state index contributed by atoms with van der Waals surface area (Å²) < 4.78 is 4.94. The predicted octanol–water partition coefficient (Wildman–Crippen LogP) is 2.54. The molecule has 0 aliphatic heterocycles. The van der Waals surface area contributed by atoms with Gasteiger partial charge >= 0.3 is 0 Å². The van der Waals surface area contributed by atoms with E-state index in [4.69, 9.17) is 4.74 Å². The first kappa shape index (κ1) is 17.5. The maximum atomic E-state index is 12.3. The van der Waals surface area contributed by atoms with Gasteiger partial charge in [0.05, 0.1) is 11.8 Å². The molecule has 2 unspecified atom stereocenters. The van der Waals surface area contributed by atoms with Crippen molar-refractivity contribution in [1.29, 1.82) is 0 Å². The summed E-state index contributed by atoms with van der Waals surface area (Å²) >= 11 is 0. The van der Waals surface area contributed by atoms with Gasteiger partial charge in [0.15, 0.2) is 0 Å². The monoisotopic (exact) mass is 318 g/mol. The average Bonchev–Trinajstić information content (AvgIpc) is 3.32. The van der Waals surface area contributed by atoms with Crippen molar-refractivity contribution < 1.29 is 14.3 Å². The molecule has 1 saturated carbocycles. The first-order valence-electron chi connectivity index (χ1n) is 8.21. The SMILES string of the molecule is COCCCNC(=O)C1CC1C(=O)Nc1ccccc1C(C)C. The van der Waals surface area contributed by atoms with E-state index in [1.807, 2.05) is 24.3 Å². The smallest absolute Gasteiger partial charge is 0.228 e. The van der Waals surface area contributed by atoms with Crippen LogP contribution in [0.25, 0.3) is 0 Å². The van der Waals surface area contributed by atoms with Gasteiger partial charge in [0.25, 0.3) is 0 Å². The zero-order chi connectivity index (χ0) is 16.8. The van der Waals surface area contributed by atoms with E-state index in [0.717, 1.165) is 17.7 Å². The van der Waals surface area contributed by atoms with Gasteiger partial charge in [-0.05, 0) is 30.4 Å². The highest BCUT2D eigenvalue weighted by Gasteiger charge is 2.47. The van der Waals surface area contributed by atoms with Crippen molar-refractivity contribution in [2.75, 3.05) is 25.6 Å². The fraction of sp³-hybridized carbons (Fsp3) is 0.556. The standard InChI is InChI=1S/C18H26N2O3/c1-12(2)13-7-4-5-8-16(13)20-18(22)15-11-14(15)17(21)19-9-6-10-23-3/h4-5,7-8,12,14-15H,6,9-11H2,1-3H3,(H,19,21)(H,20,22). The van der Waals surface area contributed by atoms with Crippen LogP contribution in [-0.4, -0.2) is 32.1 Å². The molecule has 2 amide bonds. The molecular formula is C18H26N2O3. The van der Waals surface area contributed by atoms with Gasteiger partial charge in [-0.15, -0.1) is 0 Å². The van der Waals surface area contributed by atoms with Crippen LogP contribution in [0.5, 0.6) is 0 Å². The zero-order valence-corrected chi connectivity index (χ0v) is 14.1. The topological polar surface area (TPSA) is 67.4 Å². The number of rotatable bonds is 8. The third kappa shape index (κ3) is 4.79. The molecule has 2 atom stereocenters. The van der Waals surface area contributed by atoms with Crippen molar-refractivity contribution >= 4 is 17.5 Å². The number of carbonyl (C=O) groups is 2. The van der Waals surface area contributed by atoms with Crippen LogP contribution < -0.4 is 10.6 Å². The fourth-order valence-corrected chi connectivity index (χ4v) is 2.67. The molecule has 0 bridgehead atoms. The first-order valence-corrected chi connectivity index (χ1v) is 8.21. The summed E-state index contributed by atoms with van der Waals surface area (Å²) in [6.07, 6.45) is 1.42. The van der Waals surface area contributed by atoms with Crippen LogP contribution in [0.3, 0.4) is 0 Å². The van der Waals surface area contributed by atoms with Gasteiger partial charge in [0.1, 0.15) is 0 Å². The van der Waals surface area contributed by atoms with Crippen molar-refractivity contribution in [3.8, 4) is 0 Å². The van der Waals surface area contributed by atoms with E-state index in [2.05, 4.69) is 24.5 Å². The van der Waals surface area contributed by atoms with Crippen LogP contribution in [0.4, 0.5) is 5.69 Å². The number of anilines is 1. The molecule has 1 aliphatic carbocycles. The number of hydrogen-bond donors (Lipinski definition) is 2. The Hall–Kier alpha value is -1.88. The molecule has 1 aliphatic rings. The Morgan fingerprint density at radius 3 is 2.61 bits per heavy atom. The fourth-order valence-electron chi connectivity index (χ4n) is 2.67. The maximum Gasteiger partial charge on any atom is 0.228 e. The number of hydrogen-bond acceptors (Lipinski definition) is 3. The average molecular weight is 318 g/mol. The van der Waals surface area contributed by atoms with E-state index in [1.165, 1.54) is 0 Å². The molecule has 0 heterocycles. The molecular weight excluding hydrogens is 292 g/mol. The van der Waals surface area contributed by atoms with Crippen molar-refractivity contribution in [3.05, 3.63) is 29.8 Å². The molecule has 0 spiro atoms. The summed E-state index contributed by atoms with van der Waals surface area (Å²) in [4.78, 5) is 24.3. The van der Waals surface area contributed by atoms with E-state index in [9.17, 15) is 9.59 Å². The Kier molecular flexibility index (Phi) is 6.16. The summed E-state index contributed by atoms with van der Waals surface area (Å²) in [6, 6.07) is 7.81. The number of benzene rings is 1. The van der Waals surface area contributed by atoms with Crippen molar-refractivity contribution in [1.82, 2.24) is 5.32 Å². The summed E-state index contributed by atoms with van der Waals surface area (Å²) in [5.41, 5.74) is 1.96. The Morgan fingerprint density at radius 1 is 1.22 bits per heavy atom. The summed E-state index contributed by atoms with van der Waals surface area (Å²) in [7, 11) is 1.64. The van der Waals surface area contributed by atoms with Crippen LogP contribution >= 0.6 is 0 Å². The van der Waals surface area contributed by atoms with Crippen molar-refractivity contribution in [2.24, 2.45) is 11.8 Å². The van der Waals surface area contributed by atoms with Crippen molar-refractivity contribution in [3.63, 3.8) is 0 Å². The van der Waals surface area contributed by atoms with Crippen LogP contribution in [0.15, 0.2) is 24.3 Å². The molecule has 0 radical (unpaired) electrons.